The van der Waals surface area contributed by atoms with E-state index in [4.69, 9.17) is 21.1 Å². The van der Waals surface area contributed by atoms with Crippen LogP contribution in [0.3, 0.4) is 0 Å². The van der Waals surface area contributed by atoms with Crippen LogP contribution >= 0.6 is 11.6 Å². The Morgan fingerprint density at radius 3 is 2.49 bits per heavy atom. The molecule has 1 heterocycles. The van der Waals surface area contributed by atoms with Crippen LogP contribution in [0.25, 0.3) is 0 Å². The Morgan fingerprint density at radius 1 is 1.14 bits per heavy atom. The van der Waals surface area contributed by atoms with Gasteiger partial charge in [0.05, 0.1) is 24.3 Å². The smallest absolute Gasteiger partial charge is 0.336 e. The van der Waals surface area contributed by atoms with E-state index in [9.17, 15) is 14.7 Å². The first-order valence-corrected chi connectivity index (χ1v) is 12.2. The van der Waals surface area contributed by atoms with Crippen LogP contribution < -0.4 is 10.1 Å². The Bertz CT molecular complexity index is 1230. The summed E-state index contributed by atoms with van der Waals surface area (Å²) in [4.78, 5) is 26.5. The summed E-state index contributed by atoms with van der Waals surface area (Å²) in [5.74, 6) is -1.19. The number of methoxy groups -OCH3 is 1. The number of rotatable bonds is 6. The van der Waals surface area contributed by atoms with Gasteiger partial charge in [0, 0.05) is 29.3 Å². The van der Waals surface area contributed by atoms with E-state index in [0.29, 0.717) is 41.9 Å². The Morgan fingerprint density at radius 2 is 1.86 bits per heavy atom. The zero-order valence-electron chi connectivity index (χ0n) is 20.4. The van der Waals surface area contributed by atoms with Gasteiger partial charge in [-0.2, -0.15) is 0 Å². The number of Topliss-reactive ketones (excluding diaryl/α,β-unsaturated/α-hetero) is 1. The maximum Gasteiger partial charge on any atom is 0.336 e. The molecular formula is C28H30ClNO5. The van der Waals surface area contributed by atoms with Crippen LogP contribution in [0.5, 0.6) is 11.5 Å². The van der Waals surface area contributed by atoms with Gasteiger partial charge in [-0.15, -0.1) is 0 Å². The van der Waals surface area contributed by atoms with Crippen molar-refractivity contribution >= 4 is 23.4 Å². The van der Waals surface area contributed by atoms with Gasteiger partial charge in [-0.1, -0.05) is 42.8 Å². The number of benzene rings is 2. The Labute approximate surface area is 210 Å². The number of esters is 1. The monoisotopic (exact) mass is 495 g/mol. The van der Waals surface area contributed by atoms with Crippen molar-refractivity contribution in [2.75, 3.05) is 13.7 Å². The molecule has 0 unspecified atom stereocenters. The van der Waals surface area contributed by atoms with Crippen molar-refractivity contribution in [3.05, 3.63) is 80.7 Å². The van der Waals surface area contributed by atoms with Gasteiger partial charge in [-0.05, 0) is 61.4 Å². The lowest BCUT2D eigenvalue weighted by molar-refractivity contribution is -0.136. The Hall–Kier alpha value is -3.25. The lowest BCUT2D eigenvalue weighted by Crippen LogP contribution is -2.36. The minimum absolute atomic E-state index is 0.0372. The molecule has 0 saturated carbocycles. The van der Waals surface area contributed by atoms with E-state index in [1.807, 2.05) is 0 Å². The zero-order chi connectivity index (χ0) is 25.3. The van der Waals surface area contributed by atoms with Gasteiger partial charge in [0.15, 0.2) is 17.3 Å². The first-order valence-electron chi connectivity index (χ1n) is 11.8. The van der Waals surface area contributed by atoms with Gasteiger partial charge in [0.2, 0.25) is 0 Å². The van der Waals surface area contributed by atoms with Crippen LogP contribution in [0.15, 0.2) is 58.9 Å². The van der Waals surface area contributed by atoms with E-state index < -0.39 is 11.9 Å². The van der Waals surface area contributed by atoms with Gasteiger partial charge in [0.1, 0.15) is 0 Å². The molecule has 1 aliphatic heterocycles. The number of allylic oxidation sites excluding steroid dienone is 3. The summed E-state index contributed by atoms with van der Waals surface area (Å²) in [5.41, 5.74) is 5.25. The average molecular weight is 496 g/mol. The number of dihydropyridines is 1. The van der Waals surface area contributed by atoms with E-state index in [1.54, 1.807) is 26.0 Å². The molecule has 0 fully saturated rings. The molecule has 0 saturated heterocycles. The third-order valence-electron chi connectivity index (χ3n) is 6.78. The summed E-state index contributed by atoms with van der Waals surface area (Å²) >= 11 is 6.33. The largest absolute Gasteiger partial charge is 0.503 e. The molecule has 4 rings (SSSR count). The second kappa shape index (κ2) is 10.2. The lowest BCUT2D eigenvalue weighted by Gasteiger charge is -2.36. The number of ether oxygens (including phenoxy) is 2. The van der Waals surface area contributed by atoms with Crippen LogP contribution in [0.2, 0.25) is 5.02 Å². The summed E-state index contributed by atoms with van der Waals surface area (Å²) < 4.78 is 10.7. The summed E-state index contributed by atoms with van der Waals surface area (Å²) in [6, 6.07) is 11.6. The fourth-order valence-corrected chi connectivity index (χ4v) is 5.26. The van der Waals surface area contributed by atoms with Crippen molar-refractivity contribution in [1.29, 1.82) is 0 Å². The Balaban J connectivity index is 1.82. The Kier molecular flexibility index (Phi) is 7.22. The third-order valence-corrected chi connectivity index (χ3v) is 7.06. The standard InChI is InChI=1S/C28H30ClNO5/c1-5-16-7-9-17(10-8-16)18-12-21-26(22(31)13-18)25(24(15(3)30-21)28(33)34-4)19-11-20(29)27(32)23(14-19)35-6-2/h7-11,14,18,25,30,32H,5-6,12-13H2,1-4H3/t18-,25+/m1/s1. The predicted molar refractivity (Wildman–Crippen MR) is 135 cm³/mol. The highest BCUT2D eigenvalue weighted by Gasteiger charge is 2.41. The molecule has 7 heteroatoms. The molecule has 0 aromatic heterocycles. The summed E-state index contributed by atoms with van der Waals surface area (Å²) in [6.07, 6.45) is 1.93. The van der Waals surface area contributed by atoms with Crippen LogP contribution in [0, 0.1) is 0 Å². The lowest BCUT2D eigenvalue weighted by atomic mass is 9.71. The quantitative estimate of drug-likeness (QED) is 0.512. The fraction of sp³-hybridized carbons (Fsp3) is 0.357. The number of halogens is 1. The third kappa shape index (κ3) is 4.67. The number of phenols is 1. The van der Waals surface area contributed by atoms with Crippen LogP contribution in [0.4, 0.5) is 0 Å². The first kappa shape index (κ1) is 24.9. The average Bonchev–Trinajstić information content (AvgIpc) is 2.85. The SMILES string of the molecule is CCOc1cc([C@H]2C(C(=O)OC)=C(C)NC3=C2C(=O)C[C@H](c2ccc(CC)cc2)C3)cc(Cl)c1O. The second-order valence-corrected chi connectivity index (χ2v) is 9.29. The van der Waals surface area contributed by atoms with Gasteiger partial charge in [-0.3, -0.25) is 4.79 Å². The molecule has 0 radical (unpaired) electrons. The van der Waals surface area contributed by atoms with Crippen molar-refractivity contribution in [1.82, 2.24) is 5.32 Å². The van der Waals surface area contributed by atoms with E-state index >= 15 is 0 Å². The molecule has 6 nitrogen and oxygen atoms in total. The number of carbonyl (C=O) groups is 2. The van der Waals surface area contributed by atoms with Gasteiger partial charge < -0.3 is 19.9 Å². The van der Waals surface area contributed by atoms with Crippen molar-refractivity contribution in [2.24, 2.45) is 0 Å². The summed E-state index contributed by atoms with van der Waals surface area (Å²) in [5, 5.41) is 13.8. The molecule has 1 aliphatic carbocycles. The fourth-order valence-electron chi connectivity index (χ4n) is 5.04. The second-order valence-electron chi connectivity index (χ2n) is 8.89. The van der Waals surface area contributed by atoms with E-state index in [2.05, 4.69) is 36.5 Å². The van der Waals surface area contributed by atoms with Crippen LogP contribution in [0.1, 0.15) is 62.1 Å². The highest BCUT2D eigenvalue weighted by molar-refractivity contribution is 6.32. The number of aryl methyl sites for hydroxylation is 1. The number of carbonyl (C=O) groups excluding carboxylic acids is 2. The van der Waals surface area contributed by atoms with Crippen molar-refractivity contribution in [3.8, 4) is 11.5 Å². The number of ketones is 1. The summed E-state index contributed by atoms with van der Waals surface area (Å²) in [7, 11) is 1.32. The van der Waals surface area contributed by atoms with Crippen molar-refractivity contribution in [3.63, 3.8) is 0 Å². The topological polar surface area (TPSA) is 84.9 Å². The van der Waals surface area contributed by atoms with Crippen LogP contribution in [-0.4, -0.2) is 30.6 Å². The van der Waals surface area contributed by atoms with Gasteiger partial charge in [0.25, 0.3) is 0 Å². The molecule has 2 N–H and O–H groups in total. The molecule has 184 valence electrons. The summed E-state index contributed by atoms with van der Waals surface area (Å²) in [6.45, 7) is 6.04. The van der Waals surface area contributed by atoms with Gasteiger partial charge in [-0.25, -0.2) is 4.79 Å². The first-order chi connectivity index (χ1) is 16.8. The van der Waals surface area contributed by atoms with E-state index in [-0.39, 0.29) is 28.2 Å². The van der Waals surface area contributed by atoms with Crippen LogP contribution in [-0.2, 0) is 20.7 Å². The van der Waals surface area contributed by atoms with E-state index in [1.165, 1.54) is 12.7 Å². The molecule has 2 atom stereocenters. The molecule has 35 heavy (non-hydrogen) atoms. The number of phenolic OH excluding ortho intramolecular Hbond substituents is 1. The van der Waals surface area contributed by atoms with Gasteiger partial charge >= 0.3 is 5.97 Å². The molecule has 2 aliphatic rings. The molecule has 2 aromatic rings. The minimum Gasteiger partial charge on any atom is -0.503 e. The minimum atomic E-state index is -0.688. The van der Waals surface area contributed by atoms with E-state index in [0.717, 1.165) is 17.7 Å². The maximum atomic E-state index is 13.7. The molecule has 0 bridgehead atoms. The highest BCUT2D eigenvalue weighted by Crippen LogP contribution is 2.48. The number of hydrogen-bond donors (Lipinski definition) is 2. The predicted octanol–water partition coefficient (Wildman–Crippen LogP) is 5.54. The molecule has 0 spiro atoms. The molecule has 0 amide bonds. The highest BCUT2D eigenvalue weighted by atomic mass is 35.5. The normalized spacial score (nSPS) is 19.9. The number of nitrogens with one attached hydrogen (secondary N) is 1. The molecular weight excluding hydrogens is 466 g/mol. The number of hydrogen-bond acceptors (Lipinski definition) is 6. The maximum absolute atomic E-state index is 13.7. The molecule has 2 aromatic carbocycles. The van der Waals surface area contributed by atoms with Crippen molar-refractivity contribution in [2.45, 2.75) is 51.9 Å². The number of aromatic hydroxyl groups is 1. The van der Waals surface area contributed by atoms with Crippen molar-refractivity contribution < 1.29 is 24.2 Å². The zero-order valence-corrected chi connectivity index (χ0v) is 21.2.